The van der Waals surface area contributed by atoms with E-state index in [0.29, 0.717) is 32.8 Å². The first kappa shape index (κ1) is 18.9. The van der Waals surface area contributed by atoms with Gasteiger partial charge in [0, 0.05) is 59.7 Å². The Morgan fingerprint density at radius 1 is 1.09 bits per heavy atom. The number of carbonyl (C=O) groups is 2. The lowest BCUT2D eigenvalue weighted by Crippen LogP contribution is -2.50. The maximum atomic E-state index is 12.1. The Labute approximate surface area is 132 Å². The Morgan fingerprint density at radius 2 is 1.64 bits per heavy atom. The van der Waals surface area contributed by atoms with Crippen LogP contribution in [0.1, 0.15) is 13.3 Å². The fourth-order valence-corrected chi connectivity index (χ4v) is 3.11. The molecule has 0 saturated carbocycles. The summed E-state index contributed by atoms with van der Waals surface area (Å²) in [5.41, 5.74) is 0. The molecular weight excluding hydrogens is 310 g/mol. The molecule has 8 nitrogen and oxygen atoms in total. The number of hydrogen-bond donors (Lipinski definition) is 0. The average molecular weight is 335 g/mol. The first-order chi connectivity index (χ1) is 10.3. The van der Waals surface area contributed by atoms with Crippen molar-refractivity contribution in [1.82, 2.24) is 14.1 Å². The minimum absolute atomic E-state index is 0.00918. The Balaban J connectivity index is 2.46. The van der Waals surface area contributed by atoms with Crippen LogP contribution in [0.2, 0.25) is 0 Å². The summed E-state index contributed by atoms with van der Waals surface area (Å²) < 4.78 is 29.4. The SMILES string of the molecule is COCCN(CCC(=O)N1CCN(C(C)=O)CC1)S(C)(=O)=O. The van der Waals surface area contributed by atoms with Crippen LogP contribution in [0.4, 0.5) is 0 Å². The molecule has 1 rings (SSSR count). The van der Waals surface area contributed by atoms with E-state index in [2.05, 4.69) is 0 Å². The molecular formula is C13H25N3O5S. The molecule has 0 aromatic rings. The van der Waals surface area contributed by atoms with Crippen molar-refractivity contribution in [3.63, 3.8) is 0 Å². The van der Waals surface area contributed by atoms with Crippen molar-refractivity contribution >= 4 is 21.8 Å². The van der Waals surface area contributed by atoms with E-state index in [9.17, 15) is 18.0 Å². The molecule has 9 heteroatoms. The van der Waals surface area contributed by atoms with Crippen molar-refractivity contribution in [2.75, 3.05) is 59.2 Å². The summed E-state index contributed by atoms with van der Waals surface area (Å²) in [6.07, 6.45) is 1.26. The smallest absolute Gasteiger partial charge is 0.224 e. The summed E-state index contributed by atoms with van der Waals surface area (Å²) in [4.78, 5) is 26.8. The Morgan fingerprint density at radius 3 is 2.09 bits per heavy atom. The molecule has 0 spiro atoms. The first-order valence-electron chi connectivity index (χ1n) is 7.23. The summed E-state index contributed by atoms with van der Waals surface area (Å²) >= 11 is 0. The second kappa shape index (κ2) is 8.44. The largest absolute Gasteiger partial charge is 0.383 e. The minimum Gasteiger partial charge on any atom is -0.383 e. The van der Waals surface area contributed by atoms with Crippen LogP contribution in [0, 0.1) is 0 Å². The number of amides is 2. The topological polar surface area (TPSA) is 87.2 Å². The number of nitrogens with zero attached hydrogens (tertiary/aromatic N) is 3. The second-order valence-electron chi connectivity index (χ2n) is 5.29. The third-order valence-electron chi connectivity index (χ3n) is 3.67. The lowest BCUT2D eigenvalue weighted by molar-refractivity contribution is -0.138. The van der Waals surface area contributed by atoms with E-state index < -0.39 is 10.0 Å². The fourth-order valence-electron chi connectivity index (χ4n) is 2.29. The van der Waals surface area contributed by atoms with Crippen molar-refractivity contribution in [2.45, 2.75) is 13.3 Å². The molecule has 0 aromatic heterocycles. The van der Waals surface area contributed by atoms with E-state index in [0.717, 1.165) is 6.26 Å². The van der Waals surface area contributed by atoms with Crippen LogP contribution in [0.5, 0.6) is 0 Å². The van der Waals surface area contributed by atoms with Gasteiger partial charge in [0.15, 0.2) is 0 Å². The molecule has 0 N–H and O–H groups in total. The number of hydrogen-bond acceptors (Lipinski definition) is 5. The fraction of sp³-hybridized carbons (Fsp3) is 0.846. The van der Waals surface area contributed by atoms with Gasteiger partial charge in [-0.25, -0.2) is 8.42 Å². The van der Waals surface area contributed by atoms with Gasteiger partial charge < -0.3 is 14.5 Å². The monoisotopic (exact) mass is 335 g/mol. The van der Waals surface area contributed by atoms with Crippen molar-refractivity contribution in [3.8, 4) is 0 Å². The lowest BCUT2D eigenvalue weighted by Gasteiger charge is -2.34. The van der Waals surface area contributed by atoms with Crippen LogP contribution >= 0.6 is 0 Å². The molecule has 0 unspecified atom stereocenters. The molecule has 0 aliphatic carbocycles. The molecule has 1 saturated heterocycles. The molecule has 0 atom stereocenters. The van der Waals surface area contributed by atoms with Crippen molar-refractivity contribution in [3.05, 3.63) is 0 Å². The van der Waals surface area contributed by atoms with Crippen molar-refractivity contribution in [1.29, 1.82) is 0 Å². The lowest BCUT2D eigenvalue weighted by atomic mass is 10.2. The summed E-state index contributed by atoms with van der Waals surface area (Å²) in [7, 11) is -1.85. The number of rotatable bonds is 7. The highest BCUT2D eigenvalue weighted by Crippen LogP contribution is 2.06. The van der Waals surface area contributed by atoms with Crippen molar-refractivity contribution in [2.24, 2.45) is 0 Å². The molecule has 128 valence electrons. The zero-order valence-corrected chi connectivity index (χ0v) is 14.3. The van der Waals surface area contributed by atoms with Crippen LogP contribution in [0.3, 0.4) is 0 Å². The summed E-state index contributed by atoms with van der Waals surface area (Å²) in [5, 5.41) is 0. The normalized spacial score (nSPS) is 16.2. The summed E-state index contributed by atoms with van der Waals surface area (Å²) in [6.45, 7) is 4.23. The molecule has 0 bridgehead atoms. The van der Waals surface area contributed by atoms with Gasteiger partial charge in [-0.15, -0.1) is 0 Å². The number of ether oxygens (including phenoxy) is 1. The third kappa shape index (κ3) is 5.90. The number of sulfonamides is 1. The minimum atomic E-state index is -3.35. The predicted molar refractivity (Wildman–Crippen MR) is 81.7 cm³/mol. The van der Waals surface area contributed by atoms with Crippen LogP contribution in [-0.4, -0.2) is 93.6 Å². The number of piperazine rings is 1. The van der Waals surface area contributed by atoms with Crippen LogP contribution in [0.15, 0.2) is 0 Å². The zero-order chi connectivity index (χ0) is 16.8. The summed E-state index contributed by atoms with van der Waals surface area (Å²) in [5.74, 6) is -0.0795. The number of carbonyl (C=O) groups excluding carboxylic acids is 2. The van der Waals surface area contributed by atoms with E-state index in [1.54, 1.807) is 9.80 Å². The molecule has 1 aliphatic heterocycles. The van der Waals surface area contributed by atoms with Gasteiger partial charge in [0.25, 0.3) is 0 Å². The van der Waals surface area contributed by atoms with Crippen LogP contribution in [0.25, 0.3) is 0 Å². The zero-order valence-electron chi connectivity index (χ0n) is 13.4. The van der Waals surface area contributed by atoms with Gasteiger partial charge in [0.2, 0.25) is 21.8 Å². The third-order valence-corrected chi connectivity index (χ3v) is 4.97. The Kier molecular flexibility index (Phi) is 7.24. The standard InChI is InChI=1S/C13H25N3O5S/c1-12(17)14-6-8-15(9-7-14)13(18)4-5-16(10-11-21-2)22(3,19)20/h4-11H2,1-3H3. The average Bonchev–Trinajstić information content (AvgIpc) is 2.45. The predicted octanol–water partition coefficient (Wildman–Crippen LogP) is -1.02. The Hall–Kier alpha value is -1.19. The first-order valence-corrected chi connectivity index (χ1v) is 9.08. The van der Waals surface area contributed by atoms with E-state index in [4.69, 9.17) is 4.74 Å². The highest BCUT2D eigenvalue weighted by atomic mass is 32.2. The molecule has 0 aromatic carbocycles. The van der Waals surface area contributed by atoms with Crippen LogP contribution < -0.4 is 0 Å². The molecule has 0 radical (unpaired) electrons. The van der Waals surface area contributed by atoms with Gasteiger partial charge >= 0.3 is 0 Å². The van der Waals surface area contributed by atoms with E-state index in [1.807, 2.05) is 0 Å². The van der Waals surface area contributed by atoms with E-state index >= 15 is 0 Å². The molecule has 1 aliphatic rings. The maximum Gasteiger partial charge on any atom is 0.224 e. The van der Waals surface area contributed by atoms with Gasteiger partial charge in [-0.3, -0.25) is 9.59 Å². The van der Waals surface area contributed by atoms with Gasteiger partial charge in [-0.1, -0.05) is 0 Å². The van der Waals surface area contributed by atoms with E-state index in [1.165, 1.54) is 18.3 Å². The molecule has 1 fully saturated rings. The van der Waals surface area contributed by atoms with Gasteiger partial charge in [0.1, 0.15) is 0 Å². The van der Waals surface area contributed by atoms with Gasteiger partial charge in [-0.05, 0) is 0 Å². The highest BCUT2D eigenvalue weighted by molar-refractivity contribution is 7.88. The van der Waals surface area contributed by atoms with Gasteiger partial charge in [-0.2, -0.15) is 4.31 Å². The highest BCUT2D eigenvalue weighted by Gasteiger charge is 2.24. The van der Waals surface area contributed by atoms with E-state index in [-0.39, 0.29) is 31.3 Å². The Bertz CT molecular complexity index is 486. The molecule has 2 amide bonds. The summed E-state index contributed by atoms with van der Waals surface area (Å²) in [6, 6.07) is 0. The second-order valence-corrected chi connectivity index (χ2v) is 7.27. The number of methoxy groups -OCH3 is 1. The van der Waals surface area contributed by atoms with Crippen molar-refractivity contribution < 1.29 is 22.7 Å². The maximum absolute atomic E-state index is 12.1. The molecule has 22 heavy (non-hydrogen) atoms. The molecule has 1 heterocycles. The quantitative estimate of drug-likeness (QED) is 0.594. The van der Waals surface area contributed by atoms with Crippen LogP contribution in [-0.2, 0) is 24.3 Å². The van der Waals surface area contributed by atoms with Gasteiger partial charge in [0.05, 0.1) is 12.9 Å².